The zero-order valence-corrected chi connectivity index (χ0v) is 21.4. The number of nitrogens with zero attached hydrogens (tertiary/aromatic N) is 6. The van der Waals surface area contributed by atoms with Crippen LogP contribution in [0.25, 0.3) is 17.1 Å². The van der Waals surface area contributed by atoms with Crippen LogP contribution in [-0.4, -0.2) is 38.0 Å². The van der Waals surface area contributed by atoms with Crippen molar-refractivity contribution in [1.29, 1.82) is 5.26 Å². The average Bonchev–Trinajstić information content (AvgIpc) is 3.33. The molecular weight excluding hydrogens is 468 g/mol. The second-order valence-corrected chi connectivity index (χ2v) is 9.62. The van der Waals surface area contributed by atoms with Crippen molar-refractivity contribution in [2.75, 3.05) is 17.2 Å². The Kier molecular flexibility index (Phi) is 8.13. The van der Waals surface area contributed by atoms with Crippen LogP contribution in [-0.2, 0) is 4.79 Å². The van der Waals surface area contributed by atoms with Gasteiger partial charge < -0.3 is 4.90 Å². The maximum atomic E-state index is 13.3. The molecule has 7 nitrogen and oxygen atoms in total. The Morgan fingerprint density at radius 3 is 2.56 bits per heavy atom. The molecule has 0 radical (unpaired) electrons. The monoisotopic (exact) mass is 496 g/mol. The van der Waals surface area contributed by atoms with Crippen molar-refractivity contribution in [3.05, 3.63) is 84.2 Å². The van der Waals surface area contributed by atoms with Gasteiger partial charge in [-0.15, -0.1) is 10.2 Å². The maximum absolute atomic E-state index is 13.3. The highest BCUT2D eigenvalue weighted by Gasteiger charge is 2.22. The van der Waals surface area contributed by atoms with E-state index in [1.54, 1.807) is 17.3 Å². The van der Waals surface area contributed by atoms with E-state index in [9.17, 15) is 4.79 Å². The number of carbonyl (C=O) groups excluding carboxylic acids is 1. The van der Waals surface area contributed by atoms with Crippen molar-refractivity contribution in [1.82, 2.24) is 19.7 Å². The first-order valence-corrected chi connectivity index (χ1v) is 12.8. The summed E-state index contributed by atoms with van der Waals surface area (Å²) in [5.41, 5.74) is 4.87. The second-order valence-electron chi connectivity index (χ2n) is 8.67. The van der Waals surface area contributed by atoms with Crippen molar-refractivity contribution < 1.29 is 4.79 Å². The number of nitriles is 1. The van der Waals surface area contributed by atoms with Crippen LogP contribution in [0.2, 0.25) is 0 Å². The van der Waals surface area contributed by atoms with E-state index in [1.807, 2.05) is 60.0 Å². The summed E-state index contributed by atoms with van der Waals surface area (Å²) in [6.07, 6.45) is 3.74. The van der Waals surface area contributed by atoms with Gasteiger partial charge in [-0.2, -0.15) is 5.26 Å². The number of aromatic nitrogens is 4. The van der Waals surface area contributed by atoms with Gasteiger partial charge in [0.2, 0.25) is 5.91 Å². The average molecular weight is 497 g/mol. The molecule has 4 aromatic rings. The lowest BCUT2D eigenvalue weighted by Crippen LogP contribution is -2.33. The molecule has 0 spiro atoms. The van der Waals surface area contributed by atoms with Crippen LogP contribution in [0, 0.1) is 18.3 Å². The molecule has 182 valence electrons. The first-order valence-electron chi connectivity index (χ1n) is 11.8. The fourth-order valence-corrected chi connectivity index (χ4v) is 4.75. The quantitative estimate of drug-likeness (QED) is 0.272. The summed E-state index contributed by atoms with van der Waals surface area (Å²) in [6.45, 7) is 6.64. The van der Waals surface area contributed by atoms with E-state index in [2.05, 4.69) is 47.2 Å². The molecule has 2 aromatic carbocycles. The zero-order valence-electron chi connectivity index (χ0n) is 20.6. The van der Waals surface area contributed by atoms with Gasteiger partial charge in [0.15, 0.2) is 11.0 Å². The van der Waals surface area contributed by atoms with Crippen LogP contribution in [0.1, 0.15) is 37.3 Å². The minimum absolute atomic E-state index is 0.0891. The van der Waals surface area contributed by atoms with Gasteiger partial charge in [0.05, 0.1) is 23.9 Å². The number of anilines is 1. The SMILES string of the molecule is Cc1ccc(N(CCC#N)C(=O)CSc2nnc(-c3cccnc3)n2-c2ccccc2C(C)C)cc1. The minimum Gasteiger partial charge on any atom is -0.311 e. The minimum atomic E-state index is -0.0891. The third-order valence-electron chi connectivity index (χ3n) is 5.77. The summed E-state index contributed by atoms with van der Waals surface area (Å²) in [5, 5.41) is 18.7. The molecule has 0 aliphatic rings. The lowest BCUT2D eigenvalue weighted by Gasteiger charge is -2.22. The number of carbonyl (C=O) groups is 1. The molecule has 36 heavy (non-hydrogen) atoms. The number of thioether (sulfide) groups is 1. The van der Waals surface area contributed by atoms with Gasteiger partial charge in [-0.3, -0.25) is 14.3 Å². The fourth-order valence-electron chi connectivity index (χ4n) is 3.93. The summed E-state index contributed by atoms with van der Waals surface area (Å²) in [6, 6.07) is 21.9. The van der Waals surface area contributed by atoms with Gasteiger partial charge in [-0.25, -0.2) is 0 Å². The number of pyridine rings is 1. The molecule has 4 rings (SSSR count). The van der Waals surface area contributed by atoms with Crippen LogP contribution in [0.15, 0.2) is 78.2 Å². The second kappa shape index (κ2) is 11.6. The molecule has 0 N–H and O–H groups in total. The Morgan fingerprint density at radius 1 is 1.08 bits per heavy atom. The Labute approximate surface area is 215 Å². The van der Waals surface area contributed by atoms with Gasteiger partial charge in [-0.1, -0.05) is 61.5 Å². The van der Waals surface area contributed by atoms with E-state index in [0.717, 1.165) is 28.1 Å². The number of rotatable bonds is 9. The summed E-state index contributed by atoms with van der Waals surface area (Å²) >= 11 is 1.34. The van der Waals surface area contributed by atoms with Crippen molar-refractivity contribution in [3.63, 3.8) is 0 Å². The number of benzene rings is 2. The molecule has 1 amide bonds. The number of para-hydroxylation sites is 1. The van der Waals surface area contributed by atoms with E-state index in [4.69, 9.17) is 5.26 Å². The van der Waals surface area contributed by atoms with Crippen molar-refractivity contribution >= 4 is 23.4 Å². The van der Waals surface area contributed by atoms with Crippen molar-refractivity contribution in [2.24, 2.45) is 0 Å². The Hall–Kier alpha value is -3.96. The van der Waals surface area contributed by atoms with Gasteiger partial charge in [0.25, 0.3) is 0 Å². The highest BCUT2D eigenvalue weighted by molar-refractivity contribution is 7.99. The Bertz CT molecular complexity index is 1360. The molecule has 0 atom stereocenters. The van der Waals surface area contributed by atoms with Crippen molar-refractivity contribution in [2.45, 2.75) is 38.3 Å². The number of hydrogen-bond donors (Lipinski definition) is 0. The highest BCUT2D eigenvalue weighted by atomic mass is 32.2. The topological polar surface area (TPSA) is 87.7 Å². The normalized spacial score (nSPS) is 10.9. The lowest BCUT2D eigenvalue weighted by molar-refractivity contribution is -0.116. The summed E-state index contributed by atoms with van der Waals surface area (Å²) < 4.78 is 2.01. The first kappa shape index (κ1) is 25.1. The summed E-state index contributed by atoms with van der Waals surface area (Å²) in [4.78, 5) is 19.3. The van der Waals surface area contributed by atoms with Crippen LogP contribution < -0.4 is 4.90 Å². The van der Waals surface area contributed by atoms with Crippen LogP contribution in [0.4, 0.5) is 5.69 Å². The largest absolute Gasteiger partial charge is 0.311 e. The smallest absolute Gasteiger partial charge is 0.237 e. The zero-order chi connectivity index (χ0) is 25.5. The van der Waals surface area contributed by atoms with Gasteiger partial charge in [-0.05, 0) is 48.7 Å². The molecule has 0 aliphatic heterocycles. The first-order chi connectivity index (χ1) is 17.5. The van der Waals surface area contributed by atoms with Crippen LogP contribution >= 0.6 is 11.8 Å². The standard InChI is InChI=1S/C28H28N6OS/c1-20(2)24-9-4-5-10-25(24)34-27(22-8-6-16-30-18-22)31-32-28(34)36-19-26(35)33(17-7-15-29)23-13-11-21(3)12-14-23/h4-6,8-14,16,18,20H,7,17,19H2,1-3H3. The third-order valence-corrected chi connectivity index (χ3v) is 6.69. The Morgan fingerprint density at radius 2 is 1.86 bits per heavy atom. The van der Waals surface area contributed by atoms with Crippen LogP contribution in [0.3, 0.4) is 0 Å². The Balaban J connectivity index is 1.68. The van der Waals surface area contributed by atoms with E-state index in [-0.39, 0.29) is 24.0 Å². The molecule has 2 aromatic heterocycles. The van der Waals surface area contributed by atoms with Gasteiger partial charge in [0.1, 0.15) is 0 Å². The predicted octanol–water partition coefficient (Wildman–Crippen LogP) is 5.80. The number of aryl methyl sites for hydroxylation is 1. The van der Waals surface area contributed by atoms with Gasteiger partial charge >= 0.3 is 0 Å². The molecule has 0 unspecified atom stereocenters. The lowest BCUT2D eigenvalue weighted by atomic mass is 10.0. The van der Waals surface area contributed by atoms with Gasteiger partial charge in [0, 0.05) is 30.2 Å². The molecule has 0 aliphatic carbocycles. The molecule has 2 heterocycles. The number of amides is 1. The number of hydrogen-bond acceptors (Lipinski definition) is 6. The maximum Gasteiger partial charge on any atom is 0.237 e. The highest BCUT2D eigenvalue weighted by Crippen LogP contribution is 2.32. The molecular formula is C28H28N6OS. The van der Waals surface area contributed by atoms with Crippen LogP contribution in [0.5, 0.6) is 0 Å². The van der Waals surface area contributed by atoms with E-state index >= 15 is 0 Å². The molecule has 0 bridgehead atoms. The summed E-state index contributed by atoms with van der Waals surface area (Å²) in [7, 11) is 0. The summed E-state index contributed by atoms with van der Waals surface area (Å²) in [5.74, 6) is 1.03. The molecule has 8 heteroatoms. The molecule has 0 fully saturated rings. The van der Waals surface area contributed by atoms with E-state index < -0.39 is 0 Å². The van der Waals surface area contributed by atoms with E-state index in [1.165, 1.54) is 11.8 Å². The molecule has 0 saturated carbocycles. The predicted molar refractivity (Wildman–Crippen MR) is 143 cm³/mol. The molecule has 0 saturated heterocycles. The fraction of sp³-hybridized carbons (Fsp3) is 0.250. The van der Waals surface area contributed by atoms with Crippen molar-refractivity contribution in [3.8, 4) is 23.1 Å². The third kappa shape index (κ3) is 5.64. The van der Waals surface area contributed by atoms with E-state index in [0.29, 0.717) is 17.5 Å².